The molecule has 0 aromatic heterocycles. The van der Waals surface area contributed by atoms with Crippen molar-refractivity contribution in [3.05, 3.63) is 28.8 Å². The third-order valence-corrected chi connectivity index (χ3v) is 3.36. The lowest BCUT2D eigenvalue weighted by Crippen LogP contribution is -2.46. The molecule has 1 heterocycles. The monoisotopic (exact) mass is 334 g/mol. The average molecular weight is 335 g/mol. The molecule has 0 aliphatic carbocycles. The molecule has 0 saturated carbocycles. The number of hydrogen-bond acceptors (Lipinski definition) is 4. The second-order valence-corrected chi connectivity index (χ2v) is 4.96. The Kier molecular flexibility index (Phi) is 7.82. The van der Waals surface area contributed by atoms with Crippen LogP contribution in [0, 0.1) is 0 Å². The van der Waals surface area contributed by atoms with Gasteiger partial charge in [0.15, 0.2) is 0 Å². The van der Waals surface area contributed by atoms with Gasteiger partial charge in [-0.15, -0.1) is 12.4 Å². The van der Waals surface area contributed by atoms with Crippen LogP contribution in [-0.4, -0.2) is 57.3 Å². The van der Waals surface area contributed by atoms with Crippen LogP contribution in [0.4, 0.5) is 0 Å². The molecule has 1 fully saturated rings. The fourth-order valence-corrected chi connectivity index (χ4v) is 2.24. The third kappa shape index (κ3) is 5.04. The molecule has 2 rings (SSSR count). The maximum atomic E-state index is 12.5. The van der Waals surface area contributed by atoms with Crippen molar-refractivity contribution >= 4 is 29.9 Å². The lowest BCUT2D eigenvalue weighted by atomic mass is 10.1. The van der Waals surface area contributed by atoms with Crippen molar-refractivity contribution in [1.82, 2.24) is 10.2 Å². The molecule has 1 saturated heterocycles. The van der Waals surface area contributed by atoms with E-state index in [1.54, 1.807) is 25.3 Å². The standard InChI is InChI=1S/C14H19ClN2O3.ClH/c1-19-8-9-20-13-3-2-11(15)10-12(13)14(18)17-6-4-16-5-7-17;/h2-3,10,16H,4-9H2,1H3;1H. The molecule has 1 aromatic rings. The van der Waals surface area contributed by atoms with E-state index in [4.69, 9.17) is 21.1 Å². The maximum Gasteiger partial charge on any atom is 0.257 e. The molecule has 5 nitrogen and oxygen atoms in total. The zero-order valence-electron chi connectivity index (χ0n) is 11.9. The zero-order valence-corrected chi connectivity index (χ0v) is 13.5. The number of ether oxygens (including phenoxy) is 2. The highest BCUT2D eigenvalue weighted by atomic mass is 35.5. The fraction of sp³-hybridized carbons (Fsp3) is 0.500. The van der Waals surface area contributed by atoms with Crippen LogP contribution in [-0.2, 0) is 4.74 Å². The van der Waals surface area contributed by atoms with Gasteiger partial charge in [0.25, 0.3) is 5.91 Å². The molecule has 0 unspecified atom stereocenters. The molecule has 0 atom stereocenters. The highest BCUT2D eigenvalue weighted by Gasteiger charge is 2.21. The fourth-order valence-electron chi connectivity index (χ4n) is 2.07. The summed E-state index contributed by atoms with van der Waals surface area (Å²) in [6, 6.07) is 5.11. The van der Waals surface area contributed by atoms with E-state index in [1.165, 1.54) is 0 Å². The Hall–Kier alpha value is -1.01. The van der Waals surface area contributed by atoms with Gasteiger partial charge in [-0.2, -0.15) is 0 Å². The molecule has 0 bridgehead atoms. The van der Waals surface area contributed by atoms with Gasteiger partial charge in [-0.3, -0.25) is 4.79 Å². The molecule has 1 aliphatic rings. The van der Waals surface area contributed by atoms with E-state index in [0.29, 0.717) is 42.6 Å². The zero-order chi connectivity index (χ0) is 14.4. The predicted octanol–water partition coefficient (Wildman–Crippen LogP) is 1.83. The van der Waals surface area contributed by atoms with Gasteiger partial charge in [0.2, 0.25) is 0 Å². The minimum atomic E-state index is -0.0404. The number of carbonyl (C=O) groups is 1. The molecular formula is C14H20Cl2N2O3. The van der Waals surface area contributed by atoms with Crippen LogP contribution in [0.1, 0.15) is 10.4 Å². The van der Waals surface area contributed by atoms with Gasteiger partial charge in [-0.05, 0) is 18.2 Å². The van der Waals surface area contributed by atoms with Crippen LogP contribution in [0.5, 0.6) is 5.75 Å². The number of nitrogens with zero attached hydrogens (tertiary/aromatic N) is 1. The second-order valence-electron chi connectivity index (χ2n) is 4.52. The van der Waals surface area contributed by atoms with Gasteiger partial charge in [0.05, 0.1) is 12.2 Å². The van der Waals surface area contributed by atoms with E-state index < -0.39 is 0 Å². The van der Waals surface area contributed by atoms with Gasteiger partial charge in [-0.1, -0.05) is 11.6 Å². The Bertz CT molecular complexity index is 466. The predicted molar refractivity (Wildman–Crippen MR) is 84.8 cm³/mol. The minimum Gasteiger partial charge on any atom is -0.490 e. The summed E-state index contributed by atoms with van der Waals surface area (Å²) in [6.45, 7) is 3.90. The van der Waals surface area contributed by atoms with Gasteiger partial charge in [0, 0.05) is 38.3 Å². The molecule has 0 radical (unpaired) electrons. The summed E-state index contributed by atoms with van der Waals surface area (Å²) in [6.07, 6.45) is 0. The molecule has 7 heteroatoms. The lowest BCUT2D eigenvalue weighted by Gasteiger charge is -2.28. The topological polar surface area (TPSA) is 50.8 Å². The maximum absolute atomic E-state index is 12.5. The van der Waals surface area contributed by atoms with Crippen molar-refractivity contribution in [3.63, 3.8) is 0 Å². The number of carbonyl (C=O) groups excluding carboxylic acids is 1. The van der Waals surface area contributed by atoms with Crippen LogP contribution in [0.3, 0.4) is 0 Å². The molecule has 21 heavy (non-hydrogen) atoms. The van der Waals surface area contributed by atoms with Crippen LogP contribution in [0.2, 0.25) is 5.02 Å². The summed E-state index contributed by atoms with van der Waals surface area (Å²) in [7, 11) is 1.61. The molecule has 1 N–H and O–H groups in total. The van der Waals surface area contributed by atoms with Crippen LogP contribution < -0.4 is 10.1 Å². The first-order chi connectivity index (χ1) is 9.72. The molecular weight excluding hydrogens is 315 g/mol. The third-order valence-electron chi connectivity index (χ3n) is 3.12. The van der Waals surface area contributed by atoms with Gasteiger partial charge < -0.3 is 19.7 Å². The number of benzene rings is 1. The molecule has 1 amide bonds. The minimum absolute atomic E-state index is 0. The summed E-state index contributed by atoms with van der Waals surface area (Å²) in [5, 5.41) is 3.75. The number of piperazine rings is 1. The van der Waals surface area contributed by atoms with E-state index in [9.17, 15) is 4.79 Å². The highest BCUT2D eigenvalue weighted by Crippen LogP contribution is 2.24. The summed E-state index contributed by atoms with van der Waals surface area (Å²) in [4.78, 5) is 14.3. The second kappa shape index (κ2) is 9.10. The Morgan fingerprint density at radius 2 is 2.05 bits per heavy atom. The lowest BCUT2D eigenvalue weighted by molar-refractivity contribution is 0.0728. The van der Waals surface area contributed by atoms with E-state index in [0.717, 1.165) is 13.1 Å². The van der Waals surface area contributed by atoms with Gasteiger partial charge >= 0.3 is 0 Å². The van der Waals surface area contributed by atoms with Crippen molar-refractivity contribution < 1.29 is 14.3 Å². The molecule has 0 spiro atoms. The summed E-state index contributed by atoms with van der Waals surface area (Å²) < 4.78 is 10.5. The van der Waals surface area contributed by atoms with Crippen molar-refractivity contribution in [1.29, 1.82) is 0 Å². The van der Waals surface area contributed by atoms with Crippen molar-refractivity contribution in [2.45, 2.75) is 0 Å². The van der Waals surface area contributed by atoms with E-state index in [-0.39, 0.29) is 18.3 Å². The Morgan fingerprint density at radius 1 is 1.33 bits per heavy atom. The number of hydrogen-bond donors (Lipinski definition) is 1. The number of halogens is 2. The number of amides is 1. The summed E-state index contributed by atoms with van der Waals surface area (Å²) in [5.41, 5.74) is 0.510. The quantitative estimate of drug-likeness (QED) is 0.834. The largest absolute Gasteiger partial charge is 0.490 e. The number of methoxy groups -OCH3 is 1. The first kappa shape index (κ1) is 18.0. The van der Waals surface area contributed by atoms with Crippen LogP contribution in [0.25, 0.3) is 0 Å². The molecule has 1 aromatic carbocycles. The first-order valence-electron chi connectivity index (χ1n) is 6.63. The van der Waals surface area contributed by atoms with Gasteiger partial charge in [0.1, 0.15) is 12.4 Å². The average Bonchev–Trinajstić information content (AvgIpc) is 2.49. The van der Waals surface area contributed by atoms with Crippen molar-refractivity contribution in [3.8, 4) is 5.75 Å². The highest BCUT2D eigenvalue weighted by molar-refractivity contribution is 6.31. The SMILES string of the molecule is COCCOc1ccc(Cl)cc1C(=O)N1CCNCC1.Cl. The normalized spacial score (nSPS) is 14.5. The smallest absolute Gasteiger partial charge is 0.257 e. The first-order valence-corrected chi connectivity index (χ1v) is 7.01. The number of nitrogens with one attached hydrogen (secondary N) is 1. The van der Waals surface area contributed by atoms with Crippen LogP contribution in [0.15, 0.2) is 18.2 Å². The summed E-state index contributed by atoms with van der Waals surface area (Å²) in [5.74, 6) is 0.511. The summed E-state index contributed by atoms with van der Waals surface area (Å²) >= 11 is 6.00. The Balaban J connectivity index is 0.00000220. The number of rotatable bonds is 5. The Labute approximate surface area is 135 Å². The van der Waals surface area contributed by atoms with Crippen molar-refractivity contribution in [2.24, 2.45) is 0 Å². The van der Waals surface area contributed by atoms with E-state index in [1.807, 2.05) is 4.90 Å². The van der Waals surface area contributed by atoms with Crippen LogP contribution >= 0.6 is 24.0 Å². The molecule has 118 valence electrons. The Morgan fingerprint density at radius 3 is 2.71 bits per heavy atom. The molecule has 1 aliphatic heterocycles. The van der Waals surface area contributed by atoms with E-state index >= 15 is 0 Å². The van der Waals surface area contributed by atoms with E-state index in [2.05, 4.69) is 5.32 Å². The van der Waals surface area contributed by atoms with Gasteiger partial charge in [-0.25, -0.2) is 0 Å². The van der Waals surface area contributed by atoms with Crippen molar-refractivity contribution in [2.75, 3.05) is 46.5 Å².